The summed E-state index contributed by atoms with van der Waals surface area (Å²) < 4.78 is 7.82. The van der Waals surface area contributed by atoms with E-state index in [1.165, 1.54) is 22.7 Å². The number of rotatable bonds is 5. The molecular weight excluding hydrogens is 531 g/mol. The molecule has 0 aliphatic carbocycles. The Kier molecular flexibility index (Phi) is 5.81. The first-order valence-electron chi connectivity index (χ1n) is 9.06. The van der Waals surface area contributed by atoms with Crippen LogP contribution in [0, 0.1) is 0 Å². The molecule has 0 saturated heterocycles. The number of esters is 1. The summed E-state index contributed by atoms with van der Waals surface area (Å²) in [7, 11) is 0. The van der Waals surface area contributed by atoms with Gasteiger partial charge in [-0.3, -0.25) is 0 Å². The Morgan fingerprint density at radius 2 is 1.72 bits per heavy atom. The summed E-state index contributed by atoms with van der Waals surface area (Å²) in [5.41, 5.74) is -0.267. The van der Waals surface area contributed by atoms with Crippen LogP contribution < -0.4 is 0 Å². The number of ether oxygens (including phenoxy) is 1. The topological polar surface area (TPSA) is 92.5 Å². The molecule has 0 saturated carbocycles. The van der Waals surface area contributed by atoms with Crippen LogP contribution in [0.5, 0.6) is 0 Å². The van der Waals surface area contributed by atoms with Crippen molar-refractivity contribution in [2.75, 3.05) is 6.61 Å². The number of carbonyl (C=O) groups excluding carboxylic acids is 1. The fraction of sp³-hybridized carbons (Fsp3) is 0.150. The molecule has 0 bridgehead atoms. The third-order valence-corrected chi connectivity index (χ3v) is 9.61. The smallest absolute Gasteiger partial charge is 0.375 e. The lowest BCUT2D eigenvalue weighted by atomic mass is 10.0. The van der Waals surface area contributed by atoms with Gasteiger partial charge >= 0.3 is 5.97 Å². The molecule has 1 aliphatic rings. The summed E-state index contributed by atoms with van der Waals surface area (Å²) in [4.78, 5) is 21.6. The first-order chi connectivity index (χ1) is 15.3. The lowest BCUT2D eigenvalue weighted by molar-refractivity contribution is -0.151. The highest BCUT2D eigenvalue weighted by molar-refractivity contribution is 8.05. The van der Waals surface area contributed by atoms with E-state index in [1.54, 1.807) is 24.3 Å². The van der Waals surface area contributed by atoms with Crippen molar-refractivity contribution >= 4 is 96.7 Å². The first kappa shape index (κ1) is 22.3. The van der Waals surface area contributed by atoms with Crippen LogP contribution in [-0.2, 0) is 9.53 Å². The summed E-state index contributed by atoms with van der Waals surface area (Å²) in [5.74, 6) is -1.52. The van der Waals surface area contributed by atoms with Gasteiger partial charge in [-0.05, 0) is 36.4 Å². The number of aliphatic hydroxyl groups excluding tert-OH is 2. The van der Waals surface area contributed by atoms with Crippen molar-refractivity contribution in [2.24, 2.45) is 0 Å². The molecule has 0 fully saturated rings. The fourth-order valence-corrected chi connectivity index (χ4v) is 7.48. The van der Waals surface area contributed by atoms with Crippen molar-refractivity contribution in [2.45, 2.75) is 15.2 Å². The minimum atomic E-state index is -1.62. The number of nitrogens with zero attached hydrogens (tertiary/aromatic N) is 2. The van der Waals surface area contributed by atoms with E-state index >= 15 is 0 Å². The Balaban J connectivity index is 1.56. The maximum atomic E-state index is 12.4. The molecule has 5 rings (SSSR count). The van der Waals surface area contributed by atoms with Crippen LogP contribution in [-0.4, -0.2) is 38.4 Å². The Labute approximate surface area is 209 Å². The second-order valence-corrected chi connectivity index (χ2v) is 11.6. The third-order valence-electron chi connectivity index (χ3n) is 4.86. The minimum absolute atomic E-state index is 0.132. The monoisotopic (exact) mass is 542 g/mol. The molecule has 2 aromatic carbocycles. The molecule has 0 spiro atoms. The maximum absolute atomic E-state index is 12.4. The van der Waals surface area contributed by atoms with E-state index in [9.17, 15) is 15.0 Å². The van der Waals surface area contributed by atoms with Crippen molar-refractivity contribution < 1.29 is 19.7 Å². The quantitative estimate of drug-likeness (QED) is 0.209. The summed E-state index contributed by atoms with van der Waals surface area (Å²) in [5, 5.41) is 21.7. The number of hydrogen-bond donors (Lipinski definition) is 3. The highest BCUT2D eigenvalue weighted by atomic mass is 35.5. The van der Waals surface area contributed by atoms with Crippen molar-refractivity contribution in [1.82, 2.24) is 9.97 Å². The second kappa shape index (κ2) is 8.35. The van der Waals surface area contributed by atoms with E-state index < -0.39 is 29.2 Å². The lowest BCUT2D eigenvalue weighted by Crippen LogP contribution is -2.40. The normalized spacial score (nSPS) is 19.8. The molecule has 2 atom stereocenters. The number of cyclic esters (lactones) is 1. The summed E-state index contributed by atoms with van der Waals surface area (Å²) in [6, 6.07) is 10.6. The number of aliphatic hydroxyl groups is 2. The Morgan fingerprint density at radius 1 is 1.09 bits per heavy atom. The summed E-state index contributed by atoms with van der Waals surface area (Å²) >= 11 is 20.5. The van der Waals surface area contributed by atoms with Gasteiger partial charge < -0.3 is 14.9 Å². The van der Waals surface area contributed by atoms with Gasteiger partial charge in [-0.15, -0.1) is 22.7 Å². The number of carbonyl (C=O) groups is 1. The number of halogens is 2. The highest BCUT2D eigenvalue weighted by Crippen LogP contribution is 2.52. The Hall–Kier alpha value is -1.53. The molecule has 4 aromatic rings. The molecule has 2 unspecified atom stereocenters. The summed E-state index contributed by atoms with van der Waals surface area (Å²) in [6.07, 6.45) is 0. The van der Waals surface area contributed by atoms with Crippen LogP contribution >= 0.6 is 70.3 Å². The zero-order valence-corrected chi connectivity index (χ0v) is 20.6. The van der Waals surface area contributed by atoms with Crippen LogP contribution in [0.2, 0.25) is 10.0 Å². The molecule has 0 amide bonds. The minimum Gasteiger partial charge on any atom is -0.501 e. The number of fused-ring (bicyclic) bond motifs is 2. The predicted molar refractivity (Wildman–Crippen MR) is 132 cm³/mol. The number of thiazole rings is 2. The SMILES string of the molecule is O=C1OC(CO)(C(S)c2nc3cc(Cl)ccc3s2)C(Sc2nc3cc(Cl)ccc3s2)=C1O. The van der Waals surface area contributed by atoms with Crippen LogP contribution in [0.1, 0.15) is 10.3 Å². The molecule has 6 nitrogen and oxygen atoms in total. The van der Waals surface area contributed by atoms with Gasteiger partial charge in [0.1, 0.15) is 10.3 Å². The van der Waals surface area contributed by atoms with Crippen molar-refractivity contribution in [1.29, 1.82) is 0 Å². The zero-order valence-electron chi connectivity index (χ0n) is 15.8. The number of thiol groups is 1. The standard InChI is InChI=1S/C20H12Cl2N2O4S4/c21-8-1-3-12-10(5-8)23-17(30-12)15(29)20(7-25)16(14(26)18(27)28-20)32-19-24-11-6-9(22)2-4-13(11)31-19/h1-6,15,25-26,29H,7H2. The van der Waals surface area contributed by atoms with Crippen LogP contribution in [0.4, 0.5) is 0 Å². The molecular formula is C20H12Cl2N2O4S4. The number of aromatic nitrogens is 2. The Morgan fingerprint density at radius 3 is 2.38 bits per heavy atom. The Bertz CT molecular complexity index is 1420. The molecule has 12 heteroatoms. The number of hydrogen-bond acceptors (Lipinski definition) is 10. The zero-order chi connectivity index (χ0) is 22.6. The van der Waals surface area contributed by atoms with Gasteiger partial charge in [-0.1, -0.05) is 35.0 Å². The van der Waals surface area contributed by atoms with Crippen LogP contribution in [0.15, 0.2) is 51.4 Å². The van der Waals surface area contributed by atoms with Gasteiger partial charge in [0.2, 0.25) is 5.76 Å². The highest BCUT2D eigenvalue weighted by Gasteiger charge is 2.54. The molecule has 164 valence electrons. The van der Waals surface area contributed by atoms with Crippen molar-refractivity contribution in [3.05, 3.63) is 62.1 Å². The predicted octanol–water partition coefficient (Wildman–Crippen LogP) is 6.03. The van der Waals surface area contributed by atoms with Gasteiger partial charge in [0.25, 0.3) is 0 Å². The first-order valence-corrected chi connectivity index (χ1v) is 12.8. The average Bonchev–Trinajstić information content (AvgIpc) is 3.43. The van der Waals surface area contributed by atoms with E-state index in [1.807, 2.05) is 12.1 Å². The molecule has 32 heavy (non-hydrogen) atoms. The van der Waals surface area contributed by atoms with E-state index in [2.05, 4.69) is 22.6 Å². The third kappa shape index (κ3) is 3.67. The number of thioether (sulfide) groups is 1. The lowest BCUT2D eigenvalue weighted by Gasteiger charge is -2.31. The van der Waals surface area contributed by atoms with Crippen LogP contribution in [0.25, 0.3) is 20.4 Å². The van der Waals surface area contributed by atoms with E-state index in [0.29, 0.717) is 30.4 Å². The molecule has 1 aliphatic heterocycles. The van der Waals surface area contributed by atoms with E-state index in [4.69, 9.17) is 27.9 Å². The van der Waals surface area contributed by atoms with Gasteiger partial charge in [-0.2, -0.15) is 12.6 Å². The molecule has 2 N–H and O–H groups in total. The van der Waals surface area contributed by atoms with Crippen molar-refractivity contribution in [3.63, 3.8) is 0 Å². The van der Waals surface area contributed by atoms with Gasteiger partial charge in [0.05, 0.1) is 31.9 Å². The van der Waals surface area contributed by atoms with Gasteiger partial charge in [0.15, 0.2) is 9.94 Å². The second-order valence-electron chi connectivity index (χ2n) is 6.88. The number of benzene rings is 2. The van der Waals surface area contributed by atoms with Gasteiger partial charge in [0, 0.05) is 10.0 Å². The van der Waals surface area contributed by atoms with Crippen LogP contribution in [0.3, 0.4) is 0 Å². The fourth-order valence-electron chi connectivity index (χ4n) is 3.30. The molecule has 2 aromatic heterocycles. The van der Waals surface area contributed by atoms with E-state index in [-0.39, 0.29) is 4.91 Å². The largest absolute Gasteiger partial charge is 0.501 e. The molecule has 0 radical (unpaired) electrons. The van der Waals surface area contributed by atoms with Crippen molar-refractivity contribution in [3.8, 4) is 0 Å². The summed E-state index contributed by atoms with van der Waals surface area (Å²) in [6.45, 7) is -0.604. The maximum Gasteiger partial charge on any atom is 0.375 e. The molecule has 3 heterocycles. The van der Waals surface area contributed by atoms with E-state index in [0.717, 1.165) is 21.2 Å². The van der Waals surface area contributed by atoms with Gasteiger partial charge in [-0.25, -0.2) is 14.8 Å². The average molecular weight is 544 g/mol.